The summed E-state index contributed by atoms with van der Waals surface area (Å²) in [5.41, 5.74) is 1.60. The molecule has 0 saturated heterocycles. The van der Waals surface area contributed by atoms with Gasteiger partial charge in [-0.3, -0.25) is 0 Å². The Labute approximate surface area is 96.3 Å². The lowest BCUT2D eigenvalue weighted by Gasteiger charge is -2.16. The molecule has 1 unspecified atom stereocenters. The quantitative estimate of drug-likeness (QED) is 0.825. The van der Waals surface area contributed by atoms with Crippen LogP contribution in [0.15, 0.2) is 18.2 Å². The van der Waals surface area contributed by atoms with Crippen molar-refractivity contribution >= 4 is 0 Å². The van der Waals surface area contributed by atoms with E-state index in [1.807, 2.05) is 13.0 Å². The molecular weight excluding hydrogens is 203 g/mol. The standard InChI is InChI=1S/C14H19FO/c1-10-6-12(9-13(15)7-10)14(16)8-11-4-2-3-5-11/h6-7,9,11,14,16H,2-5,8H2,1H3. The van der Waals surface area contributed by atoms with Crippen LogP contribution in [0, 0.1) is 18.7 Å². The molecule has 0 amide bonds. The summed E-state index contributed by atoms with van der Waals surface area (Å²) in [4.78, 5) is 0. The zero-order chi connectivity index (χ0) is 11.5. The Balaban J connectivity index is 2.04. The Kier molecular flexibility index (Phi) is 3.59. The van der Waals surface area contributed by atoms with Crippen molar-refractivity contribution < 1.29 is 9.50 Å². The molecule has 0 spiro atoms. The topological polar surface area (TPSA) is 20.2 Å². The lowest BCUT2D eigenvalue weighted by molar-refractivity contribution is 0.144. The van der Waals surface area contributed by atoms with Gasteiger partial charge in [-0.15, -0.1) is 0 Å². The summed E-state index contributed by atoms with van der Waals surface area (Å²) in [6.45, 7) is 1.86. The third-order valence-electron chi connectivity index (χ3n) is 3.48. The largest absolute Gasteiger partial charge is 0.388 e. The first kappa shape index (κ1) is 11.6. The molecule has 1 aromatic rings. The van der Waals surface area contributed by atoms with Crippen LogP contribution < -0.4 is 0 Å². The summed E-state index contributed by atoms with van der Waals surface area (Å²) in [5, 5.41) is 10.1. The summed E-state index contributed by atoms with van der Waals surface area (Å²) >= 11 is 0. The highest BCUT2D eigenvalue weighted by Gasteiger charge is 2.20. The average molecular weight is 222 g/mol. The second-order valence-electron chi connectivity index (χ2n) is 4.96. The van der Waals surface area contributed by atoms with Gasteiger partial charge in [0, 0.05) is 0 Å². The van der Waals surface area contributed by atoms with Crippen molar-refractivity contribution in [2.24, 2.45) is 5.92 Å². The van der Waals surface area contributed by atoms with E-state index in [9.17, 15) is 9.50 Å². The second-order valence-corrected chi connectivity index (χ2v) is 4.96. The van der Waals surface area contributed by atoms with Crippen molar-refractivity contribution in [1.29, 1.82) is 0 Å². The summed E-state index contributed by atoms with van der Waals surface area (Å²) in [5.74, 6) is 0.374. The van der Waals surface area contributed by atoms with E-state index in [-0.39, 0.29) is 5.82 Å². The molecule has 1 aliphatic rings. The highest BCUT2D eigenvalue weighted by molar-refractivity contribution is 5.25. The first-order valence-electron chi connectivity index (χ1n) is 6.10. The number of hydrogen-bond donors (Lipinski definition) is 1. The third kappa shape index (κ3) is 2.82. The Hall–Kier alpha value is -0.890. The van der Waals surface area contributed by atoms with Crippen molar-refractivity contribution in [3.8, 4) is 0 Å². The normalized spacial score (nSPS) is 18.9. The van der Waals surface area contributed by atoms with Crippen molar-refractivity contribution in [3.05, 3.63) is 35.1 Å². The van der Waals surface area contributed by atoms with Gasteiger partial charge in [0.1, 0.15) is 5.82 Å². The number of benzene rings is 1. The van der Waals surface area contributed by atoms with Crippen LogP contribution in [0.1, 0.15) is 49.3 Å². The number of halogens is 1. The van der Waals surface area contributed by atoms with Crippen LogP contribution in [0.5, 0.6) is 0 Å². The molecule has 1 fully saturated rings. The van der Waals surface area contributed by atoms with Gasteiger partial charge >= 0.3 is 0 Å². The van der Waals surface area contributed by atoms with Crippen molar-refractivity contribution in [3.63, 3.8) is 0 Å². The predicted molar refractivity (Wildman–Crippen MR) is 62.7 cm³/mol. The van der Waals surface area contributed by atoms with E-state index >= 15 is 0 Å². The number of aliphatic hydroxyl groups is 1. The van der Waals surface area contributed by atoms with Gasteiger partial charge in [-0.05, 0) is 42.5 Å². The zero-order valence-electron chi connectivity index (χ0n) is 9.75. The molecule has 1 aromatic carbocycles. The molecule has 88 valence electrons. The molecule has 1 atom stereocenters. The number of aliphatic hydroxyl groups excluding tert-OH is 1. The van der Waals surface area contributed by atoms with Crippen LogP contribution in [0.3, 0.4) is 0 Å². The summed E-state index contributed by atoms with van der Waals surface area (Å²) in [7, 11) is 0. The maximum Gasteiger partial charge on any atom is 0.123 e. The average Bonchev–Trinajstić information content (AvgIpc) is 2.68. The van der Waals surface area contributed by atoms with Gasteiger partial charge in [0.25, 0.3) is 0 Å². The van der Waals surface area contributed by atoms with Gasteiger partial charge in [0.15, 0.2) is 0 Å². The van der Waals surface area contributed by atoms with Crippen LogP contribution in [0.2, 0.25) is 0 Å². The van der Waals surface area contributed by atoms with Crippen LogP contribution >= 0.6 is 0 Å². The number of aryl methyl sites for hydroxylation is 1. The highest BCUT2D eigenvalue weighted by Crippen LogP contribution is 2.33. The summed E-state index contributed by atoms with van der Waals surface area (Å²) in [6, 6.07) is 4.82. The molecule has 0 aromatic heterocycles. The maximum atomic E-state index is 13.2. The number of rotatable bonds is 3. The predicted octanol–water partition coefficient (Wildman–Crippen LogP) is 3.75. The Bertz CT molecular complexity index is 336. The SMILES string of the molecule is Cc1cc(F)cc(C(O)CC2CCCC2)c1. The van der Waals surface area contributed by atoms with Crippen molar-refractivity contribution in [2.75, 3.05) is 0 Å². The molecular formula is C14H19FO. The van der Waals surface area contributed by atoms with Gasteiger partial charge in [-0.2, -0.15) is 0 Å². The first-order valence-corrected chi connectivity index (χ1v) is 6.10. The summed E-state index contributed by atoms with van der Waals surface area (Å²) in [6.07, 6.45) is 5.26. The van der Waals surface area contributed by atoms with Crippen LogP contribution in [-0.4, -0.2) is 5.11 Å². The van der Waals surface area contributed by atoms with Crippen LogP contribution in [-0.2, 0) is 0 Å². The molecule has 2 rings (SSSR count). The number of hydrogen-bond acceptors (Lipinski definition) is 1. The lowest BCUT2D eigenvalue weighted by Crippen LogP contribution is -2.05. The van der Waals surface area contributed by atoms with Crippen molar-refractivity contribution in [1.82, 2.24) is 0 Å². The Morgan fingerprint density at radius 2 is 2.00 bits per heavy atom. The van der Waals surface area contributed by atoms with Crippen LogP contribution in [0.25, 0.3) is 0 Å². The van der Waals surface area contributed by atoms with E-state index in [2.05, 4.69) is 0 Å². The van der Waals surface area contributed by atoms with Crippen LogP contribution in [0.4, 0.5) is 4.39 Å². The van der Waals surface area contributed by atoms with E-state index < -0.39 is 6.10 Å². The second kappa shape index (κ2) is 4.96. The molecule has 0 radical (unpaired) electrons. The van der Waals surface area contributed by atoms with Gasteiger partial charge in [-0.1, -0.05) is 31.7 Å². The van der Waals surface area contributed by atoms with Gasteiger partial charge in [0.05, 0.1) is 6.10 Å². The fourth-order valence-corrected chi connectivity index (χ4v) is 2.65. The first-order chi connectivity index (χ1) is 7.65. The van der Waals surface area contributed by atoms with E-state index in [0.717, 1.165) is 17.5 Å². The van der Waals surface area contributed by atoms with E-state index in [1.54, 1.807) is 0 Å². The lowest BCUT2D eigenvalue weighted by atomic mass is 9.95. The Morgan fingerprint density at radius 1 is 1.31 bits per heavy atom. The molecule has 0 aliphatic heterocycles. The van der Waals surface area contributed by atoms with Gasteiger partial charge < -0.3 is 5.11 Å². The minimum absolute atomic E-state index is 0.250. The smallest absolute Gasteiger partial charge is 0.123 e. The van der Waals surface area contributed by atoms with E-state index in [4.69, 9.17) is 0 Å². The van der Waals surface area contributed by atoms with Gasteiger partial charge in [-0.25, -0.2) is 4.39 Å². The monoisotopic (exact) mass is 222 g/mol. The minimum Gasteiger partial charge on any atom is -0.388 e. The molecule has 0 bridgehead atoms. The van der Waals surface area contributed by atoms with E-state index in [0.29, 0.717) is 5.92 Å². The highest BCUT2D eigenvalue weighted by atomic mass is 19.1. The molecule has 2 heteroatoms. The molecule has 0 heterocycles. The van der Waals surface area contributed by atoms with Gasteiger partial charge in [0.2, 0.25) is 0 Å². The fraction of sp³-hybridized carbons (Fsp3) is 0.571. The molecule has 1 aliphatic carbocycles. The maximum absolute atomic E-state index is 13.2. The molecule has 16 heavy (non-hydrogen) atoms. The van der Waals surface area contributed by atoms with E-state index in [1.165, 1.54) is 37.8 Å². The molecule has 1 N–H and O–H groups in total. The Morgan fingerprint density at radius 3 is 2.62 bits per heavy atom. The third-order valence-corrected chi connectivity index (χ3v) is 3.48. The molecule has 1 nitrogen and oxygen atoms in total. The van der Waals surface area contributed by atoms with Crippen molar-refractivity contribution in [2.45, 2.75) is 45.1 Å². The zero-order valence-corrected chi connectivity index (χ0v) is 9.75. The molecule has 1 saturated carbocycles. The minimum atomic E-state index is -0.502. The summed E-state index contributed by atoms with van der Waals surface area (Å²) < 4.78 is 13.2. The fourth-order valence-electron chi connectivity index (χ4n) is 2.65.